The molecule has 0 bridgehead atoms. The number of aromatic hydroxyl groups is 2. The second-order valence-corrected chi connectivity index (χ2v) is 5.88. The predicted octanol–water partition coefficient (Wildman–Crippen LogP) is 6.70. The average Bonchev–Trinajstić information content (AvgIpc) is 2.35. The lowest BCUT2D eigenvalue weighted by Crippen LogP contribution is -1.70. The maximum atomic E-state index is 8.95. The van der Waals surface area contributed by atoms with Gasteiger partial charge in [0.25, 0.3) is 0 Å². The van der Waals surface area contributed by atoms with E-state index in [9.17, 15) is 0 Å². The standard InChI is InChI=1S/2C6H3Cl3O/c2*7-3-1-5(9)6(10)2-4(3)8/h2*1-2,10H. The van der Waals surface area contributed by atoms with Crippen LogP contribution in [-0.2, 0) is 0 Å². The molecule has 0 unspecified atom stereocenters. The molecule has 0 aliphatic carbocycles. The number of hydrogen-bond donors (Lipinski definition) is 2. The van der Waals surface area contributed by atoms with Crippen molar-refractivity contribution in [3.05, 3.63) is 54.4 Å². The molecule has 2 rings (SSSR count). The molecular formula is C12H6Cl6O2. The second-order valence-electron chi connectivity index (χ2n) is 3.44. The van der Waals surface area contributed by atoms with Crippen LogP contribution in [0.1, 0.15) is 0 Å². The molecule has 0 aliphatic heterocycles. The van der Waals surface area contributed by atoms with E-state index in [4.69, 9.17) is 79.8 Å². The zero-order valence-electron chi connectivity index (χ0n) is 9.47. The highest BCUT2D eigenvalue weighted by Crippen LogP contribution is 2.33. The van der Waals surface area contributed by atoms with Gasteiger partial charge in [-0.05, 0) is 12.1 Å². The molecule has 2 aromatic rings. The summed E-state index contributed by atoms with van der Waals surface area (Å²) in [6.45, 7) is 0. The van der Waals surface area contributed by atoms with Crippen molar-refractivity contribution in [3.8, 4) is 11.5 Å². The van der Waals surface area contributed by atoms with Crippen molar-refractivity contribution < 1.29 is 10.2 Å². The highest BCUT2D eigenvalue weighted by Gasteiger charge is 2.03. The SMILES string of the molecule is Oc1cc(Cl)c(Cl)cc1Cl.Oc1cc(Cl)c(Cl)cc1Cl. The minimum Gasteiger partial charge on any atom is -0.506 e. The van der Waals surface area contributed by atoms with Crippen LogP contribution in [0.5, 0.6) is 11.5 Å². The van der Waals surface area contributed by atoms with Crippen molar-refractivity contribution in [2.45, 2.75) is 0 Å². The summed E-state index contributed by atoms with van der Waals surface area (Å²) in [5, 5.41) is 19.6. The largest absolute Gasteiger partial charge is 0.506 e. The van der Waals surface area contributed by atoms with E-state index in [0.29, 0.717) is 20.1 Å². The van der Waals surface area contributed by atoms with E-state index in [1.54, 1.807) is 0 Å². The van der Waals surface area contributed by atoms with Gasteiger partial charge >= 0.3 is 0 Å². The number of rotatable bonds is 0. The summed E-state index contributed by atoms with van der Waals surface area (Å²) >= 11 is 33.2. The normalized spacial score (nSPS) is 9.90. The molecule has 0 saturated heterocycles. The molecule has 0 amide bonds. The Morgan fingerprint density at radius 3 is 0.950 bits per heavy atom. The first-order valence-electron chi connectivity index (χ1n) is 4.89. The van der Waals surface area contributed by atoms with Crippen molar-refractivity contribution >= 4 is 69.6 Å². The molecule has 20 heavy (non-hydrogen) atoms. The van der Waals surface area contributed by atoms with Gasteiger partial charge in [0.15, 0.2) is 0 Å². The van der Waals surface area contributed by atoms with E-state index < -0.39 is 0 Å². The van der Waals surface area contributed by atoms with E-state index in [0.717, 1.165) is 0 Å². The highest BCUT2D eigenvalue weighted by atomic mass is 35.5. The molecule has 2 N–H and O–H groups in total. The highest BCUT2D eigenvalue weighted by molar-refractivity contribution is 6.44. The Kier molecular flexibility index (Phi) is 6.86. The molecule has 0 saturated carbocycles. The monoisotopic (exact) mass is 392 g/mol. The Balaban J connectivity index is 0.000000200. The fourth-order valence-electron chi connectivity index (χ4n) is 1.02. The summed E-state index contributed by atoms with van der Waals surface area (Å²) in [6.07, 6.45) is 0. The van der Waals surface area contributed by atoms with Gasteiger partial charge in [-0.2, -0.15) is 0 Å². The Morgan fingerprint density at radius 2 is 0.700 bits per heavy atom. The minimum absolute atomic E-state index is 0.0592. The van der Waals surface area contributed by atoms with Crippen LogP contribution >= 0.6 is 69.6 Å². The third-order valence-electron chi connectivity index (χ3n) is 1.98. The summed E-state index contributed by atoms with van der Waals surface area (Å²) in [5.74, 6) is -0.118. The van der Waals surface area contributed by atoms with E-state index >= 15 is 0 Å². The first-order valence-corrected chi connectivity index (χ1v) is 7.16. The molecule has 0 aromatic heterocycles. The first-order chi connectivity index (χ1) is 9.22. The van der Waals surface area contributed by atoms with E-state index in [2.05, 4.69) is 0 Å². The van der Waals surface area contributed by atoms with Crippen LogP contribution in [0.25, 0.3) is 0 Å². The molecule has 2 aromatic carbocycles. The molecule has 2 nitrogen and oxygen atoms in total. The van der Waals surface area contributed by atoms with Crippen LogP contribution in [0.15, 0.2) is 24.3 Å². The van der Waals surface area contributed by atoms with Crippen LogP contribution in [0.3, 0.4) is 0 Å². The number of hydrogen-bond acceptors (Lipinski definition) is 2. The second kappa shape index (κ2) is 7.69. The lowest BCUT2D eigenvalue weighted by molar-refractivity contribution is 0.475. The number of benzene rings is 2. The van der Waals surface area contributed by atoms with Crippen LogP contribution < -0.4 is 0 Å². The average molecular weight is 395 g/mol. The Labute approximate surface area is 145 Å². The summed E-state index contributed by atoms with van der Waals surface area (Å²) in [4.78, 5) is 0. The van der Waals surface area contributed by atoms with Crippen molar-refractivity contribution in [2.75, 3.05) is 0 Å². The molecule has 0 aliphatic rings. The van der Waals surface area contributed by atoms with Gasteiger partial charge in [0.2, 0.25) is 0 Å². The molecule has 108 valence electrons. The zero-order chi connectivity index (χ0) is 15.4. The quantitative estimate of drug-likeness (QED) is 0.488. The zero-order valence-corrected chi connectivity index (χ0v) is 14.0. The number of halogens is 6. The Morgan fingerprint density at radius 1 is 0.450 bits per heavy atom. The number of phenolic OH excluding ortho intramolecular Hbond substituents is 2. The van der Waals surface area contributed by atoms with E-state index in [1.807, 2.05) is 0 Å². The van der Waals surface area contributed by atoms with Crippen LogP contribution in [-0.4, -0.2) is 10.2 Å². The van der Waals surface area contributed by atoms with Crippen LogP contribution in [0.2, 0.25) is 30.1 Å². The van der Waals surface area contributed by atoms with Crippen molar-refractivity contribution in [2.24, 2.45) is 0 Å². The van der Waals surface area contributed by atoms with Crippen LogP contribution in [0.4, 0.5) is 0 Å². The summed E-state index contributed by atoms with van der Waals surface area (Å²) in [5.41, 5.74) is 0. The van der Waals surface area contributed by atoms with Gasteiger partial charge in [0, 0.05) is 12.1 Å². The summed E-state index contributed by atoms with van der Waals surface area (Å²) < 4.78 is 0. The van der Waals surface area contributed by atoms with Gasteiger partial charge in [-0.25, -0.2) is 0 Å². The first kappa shape index (κ1) is 17.8. The van der Waals surface area contributed by atoms with Gasteiger partial charge in [0.1, 0.15) is 11.5 Å². The molecule has 0 spiro atoms. The summed E-state index contributed by atoms with van der Waals surface area (Å²) in [7, 11) is 0. The molecule has 0 heterocycles. The van der Waals surface area contributed by atoms with Crippen LogP contribution in [0, 0.1) is 0 Å². The fourth-order valence-corrected chi connectivity index (χ4v) is 2.11. The molecule has 8 heteroatoms. The van der Waals surface area contributed by atoms with Crippen molar-refractivity contribution in [1.82, 2.24) is 0 Å². The lowest BCUT2D eigenvalue weighted by Gasteiger charge is -1.97. The predicted molar refractivity (Wildman–Crippen MR) is 86.3 cm³/mol. The smallest absolute Gasteiger partial charge is 0.135 e. The Hall–Kier alpha value is -0.220. The molecule has 0 fully saturated rings. The molecular weight excluding hydrogens is 389 g/mol. The minimum atomic E-state index is -0.0592. The number of phenols is 2. The van der Waals surface area contributed by atoms with E-state index in [-0.39, 0.29) is 21.5 Å². The van der Waals surface area contributed by atoms with Crippen molar-refractivity contribution in [1.29, 1.82) is 0 Å². The third-order valence-corrected chi connectivity index (χ3v) is 4.03. The molecule has 0 radical (unpaired) electrons. The maximum absolute atomic E-state index is 8.95. The fraction of sp³-hybridized carbons (Fsp3) is 0. The summed E-state index contributed by atoms with van der Waals surface area (Å²) in [6, 6.07) is 5.38. The molecule has 0 atom stereocenters. The maximum Gasteiger partial charge on any atom is 0.135 e. The van der Waals surface area contributed by atoms with E-state index in [1.165, 1.54) is 24.3 Å². The van der Waals surface area contributed by atoms with Gasteiger partial charge in [0.05, 0.1) is 30.1 Å². The van der Waals surface area contributed by atoms with Gasteiger partial charge in [-0.1, -0.05) is 69.6 Å². The third kappa shape index (κ3) is 4.96. The van der Waals surface area contributed by atoms with Gasteiger partial charge in [-0.15, -0.1) is 0 Å². The van der Waals surface area contributed by atoms with Crippen molar-refractivity contribution in [3.63, 3.8) is 0 Å². The Bertz CT molecular complexity index is 474. The van der Waals surface area contributed by atoms with Gasteiger partial charge in [-0.3, -0.25) is 0 Å². The lowest BCUT2D eigenvalue weighted by atomic mass is 10.3. The van der Waals surface area contributed by atoms with Gasteiger partial charge < -0.3 is 10.2 Å². The topological polar surface area (TPSA) is 40.5 Å².